The Morgan fingerprint density at radius 3 is 2.29 bits per heavy atom. The second-order valence-corrected chi connectivity index (χ2v) is 11.8. The fourth-order valence-corrected chi connectivity index (χ4v) is 5.07. The van der Waals surface area contributed by atoms with Crippen LogP contribution >= 0.6 is 0 Å². The lowest BCUT2D eigenvalue weighted by Gasteiger charge is -2.27. The molecule has 114 valence electrons. The molecule has 21 heavy (non-hydrogen) atoms. The van der Waals surface area contributed by atoms with Gasteiger partial charge in [-0.05, 0) is 18.8 Å². The van der Waals surface area contributed by atoms with Gasteiger partial charge in [-0.15, -0.1) is 5.92 Å². The molecule has 0 spiro atoms. The number of hydrogen-bond acceptors (Lipinski definition) is 1. The molecule has 2 atom stereocenters. The molecule has 1 aliphatic carbocycles. The Morgan fingerprint density at radius 2 is 1.67 bits per heavy atom. The maximum absolute atomic E-state index is 10.3. The van der Waals surface area contributed by atoms with Crippen molar-refractivity contribution in [3.63, 3.8) is 0 Å². The van der Waals surface area contributed by atoms with Gasteiger partial charge >= 0.3 is 0 Å². The third-order valence-electron chi connectivity index (χ3n) is 5.14. The van der Waals surface area contributed by atoms with Crippen LogP contribution in [0.3, 0.4) is 0 Å². The fourth-order valence-electron chi connectivity index (χ4n) is 3.08. The summed E-state index contributed by atoms with van der Waals surface area (Å²) in [5.41, 5.74) is 0.359. The minimum atomic E-state index is -1.58. The number of rotatable bonds is 3. The number of benzene rings is 1. The van der Waals surface area contributed by atoms with Crippen LogP contribution < -0.4 is 5.19 Å². The molecule has 1 nitrogen and oxygen atoms in total. The van der Waals surface area contributed by atoms with E-state index in [0.29, 0.717) is 11.5 Å². The van der Waals surface area contributed by atoms with E-state index in [9.17, 15) is 5.11 Å². The molecule has 0 aliphatic heterocycles. The van der Waals surface area contributed by atoms with Gasteiger partial charge in [-0.3, -0.25) is 0 Å². The molecule has 1 saturated carbocycles. The molecular weight excluding hydrogens is 272 g/mol. The van der Waals surface area contributed by atoms with E-state index in [-0.39, 0.29) is 0 Å². The van der Waals surface area contributed by atoms with Crippen LogP contribution in [0.25, 0.3) is 0 Å². The molecule has 1 aromatic carbocycles. The molecule has 2 heteroatoms. The van der Waals surface area contributed by atoms with Crippen LogP contribution in [0, 0.1) is 17.8 Å². The monoisotopic (exact) mass is 300 g/mol. The van der Waals surface area contributed by atoms with Gasteiger partial charge in [0.15, 0.2) is 0 Å². The molecule has 2 unspecified atom stereocenters. The van der Waals surface area contributed by atoms with Crippen LogP contribution in [0.2, 0.25) is 18.6 Å². The number of aliphatic hydroxyl groups is 1. The Hall–Kier alpha value is -1.04. The van der Waals surface area contributed by atoms with Gasteiger partial charge in [-0.25, -0.2) is 0 Å². The Balaban J connectivity index is 2.03. The molecule has 1 fully saturated rings. The molecule has 0 radical (unpaired) electrons. The molecular formula is C19H28OSi. The third-order valence-corrected chi connectivity index (χ3v) is 9.28. The lowest BCUT2D eigenvalue weighted by atomic mass is 9.85. The van der Waals surface area contributed by atoms with E-state index in [1.165, 1.54) is 24.4 Å². The summed E-state index contributed by atoms with van der Waals surface area (Å²) < 4.78 is 0. The summed E-state index contributed by atoms with van der Waals surface area (Å²) in [6.45, 7) is 6.96. The highest BCUT2D eigenvalue weighted by molar-refractivity contribution is 6.91. The van der Waals surface area contributed by atoms with Gasteiger partial charge in [0, 0.05) is 5.54 Å². The zero-order valence-corrected chi connectivity index (χ0v) is 14.6. The Morgan fingerprint density at radius 1 is 1.05 bits per heavy atom. The van der Waals surface area contributed by atoms with E-state index < -0.39 is 14.2 Å². The average Bonchev–Trinajstić information content (AvgIpc) is 2.53. The lowest BCUT2D eigenvalue weighted by molar-refractivity contribution is 0.133. The summed E-state index contributed by atoms with van der Waals surface area (Å²) in [4.78, 5) is 0. The van der Waals surface area contributed by atoms with E-state index >= 15 is 0 Å². The molecule has 1 aromatic rings. The minimum Gasteiger partial charge on any atom is -0.380 e. The lowest BCUT2D eigenvalue weighted by Crippen LogP contribution is -2.44. The molecule has 1 aliphatic rings. The Kier molecular flexibility index (Phi) is 5.67. The molecule has 0 amide bonds. The van der Waals surface area contributed by atoms with E-state index in [1.807, 2.05) is 0 Å². The summed E-state index contributed by atoms with van der Waals surface area (Å²) in [5.74, 6) is 6.95. The van der Waals surface area contributed by atoms with E-state index in [4.69, 9.17) is 0 Å². The summed E-state index contributed by atoms with van der Waals surface area (Å²) in [7, 11) is -1.58. The Bertz CT molecular complexity index is 491. The van der Waals surface area contributed by atoms with Crippen molar-refractivity contribution in [3.8, 4) is 11.8 Å². The molecule has 0 saturated heterocycles. The van der Waals surface area contributed by atoms with E-state index in [1.54, 1.807) is 0 Å². The minimum absolute atomic E-state index is 0.359. The highest BCUT2D eigenvalue weighted by Crippen LogP contribution is 2.26. The van der Waals surface area contributed by atoms with Crippen LogP contribution in [0.15, 0.2) is 30.3 Å². The van der Waals surface area contributed by atoms with Crippen LogP contribution in [-0.4, -0.2) is 19.3 Å². The van der Waals surface area contributed by atoms with Crippen LogP contribution in [-0.2, 0) is 0 Å². The van der Waals surface area contributed by atoms with Crippen molar-refractivity contribution in [2.24, 2.45) is 5.92 Å². The third kappa shape index (κ3) is 4.22. The summed E-state index contributed by atoms with van der Waals surface area (Å²) in [6.07, 6.45) is 5.69. The predicted molar refractivity (Wildman–Crippen MR) is 93.3 cm³/mol. The molecule has 2 rings (SSSR count). The van der Waals surface area contributed by atoms with Crippen LogP contribution in [0.5, 0.6) is 0 Å². The van der Waals surface area contributed by atoms with Gasteiger partial charge in [0.05, 0.1) is 8.07 Å². The smallest absolute Gasteiger partial charge is 0.117 e. The fraction of sp³-hybridized carbons (Fsp3) is 0.579. The maximum Gasteiger partial charge on any atom is 0.117 e. The van der Waals surface area contributed by atoms with Crippen molar-refractivity contribution < 1.29 is 5.11 Å². The van der Waals surface area contributed by atoms with Gasteiger partial charge in [0.2, 0.25) is 0 Å². The zero-order valence-electron chi connectivity index (χ0n) is 13.6. The molecule has 0 aromatic heterocycles. The predicted octanol–water partition coefficient (Wildman–Crippen LogP) is 3.94. The number of hydrogen-bond donors (Lipinski definition) is 1. The van der Waals surface area contributed by atoms with Crippen molar-refractivity contribution in [2.45, 2.75) is 63.8 Å². The summed E-state index contributed by atoms with van der Waals surface area (Å²) in [5, 5.41) is 11.7. The summed E-state index contributed by atoms with van der Waals surface area (Å²) >= 11 is 0. The van der Waals surface area contributed by atoms with Crippen molar-refractivity contribution in [1.82, 2.24) is 0 Å². The van der Waals surface area contributed by atoms with Crippen LogP contribution in [0.4, 0.5) is 0 Å². The van der Waals surface area contributed by atoms with Gasteiger partial charge in [0.25, 0.3) is 0 Å². The highest BCUT2D eigenvalue weighted by Gasteiger charge is 2.29. The summed E-state index contributed by atoms with van der Waals surface area (Å²) in [6, 6.07) is 10.7. The van der Waals surface area contributed by atoms with Crippen molar-refractivity contribution in [2.75, 3.05) is 0 Å². The average molecular weight is 301 g/mol. The standard InChI is InChI=1S/C19H28OSi/c1-16(21(2,3)18-12-8-5-9-13-18)14-15-19(20)17-10-6-4-7-11-17/h5,8-9,12-13,16-17,19-20H,4,6-7,10-11H2,1-3H3. The second-order valence-electron chi connectivity index (χ2n) is 6.94. The first-order chi connectivity index (χ1) is 10.0. The number of aliphatic hydroxyl groups excluding tert-OH is 1. The SMILES string of the molecule is CC(C#CC(O)C1CCCCC1)[Si](C)(C)c1ccccc1. The first kappa shape index (κ1) is 16.3. The van der Waals surface area contributed by atoms with Gasteiger partial charge < -0.3 is 5.11 Å². The van der Waals surface area contributed by atoms with Crippen molar-refractivity contribution in [1.29, 1.82) is 0 Å². The molecule has 0 heterocycles. The van der Waals surface area contributed by atoms with Gasteiger partial charge in [0.1, 0.15) is 6.10 Å². The first-order valence-corrected chi connectivity index (χ1v) is 11.3. The quantitative estimate of drug-likeness (QED) is 0.662. The zero-order chi connectivity index (χ0) is 15.3. The van der Waals surface area contributed by atoms with Crippen LogP contribution in [0.1, 0.15) is 39.0 Å². The first-order valence-electron chi connectivity index (χ1n) is 8.26. The topological polar surface area (TPSA) is 20.2 Å². The van der Waals surface area contributed by atoms with Gasteiger partial charge in [-0.1, -0.05) is 80.7 Å². The van der Waals surface area contributed by atoms with Gasteiger partial charge in [-0.2, -0.15) is 0 Å². The maximum atomic E-state index is 10.3. The van der Waals surface area contributed by atoms with E-state index in [2.05, 4.69) is 62.2 Å². The molecule has 0 bridgehead atoms. The second kappa shape index (κ2) is 7.29. The highest BCUT2D eigenvalue weighted by atomic mass is 28.3. The van der Waals surface area contributed by atoms with E-state index in [0.717, 1.165) is 12.8 Å². The Labute approximate surface area is 130 Å². The van der Waals surface area contributed by atoms with Crippen molar-refractivity contribution >= 4 is 13.3 Å². The largest absolute Gasteiger partial charge is 0.380 e. The molecule has 1 N–H and O–H groups in total. The van der Waals surface area contributed by atoms with Crippen molar-refractivity contribution in [3.05, 3.63) is 30.3 Å². The normalized spacial score (nSPS) is 19.4.